The molecule has 0 N–H and O–H groups in total. The van der Waals surface area contributed by atoms with Crippen LogP contribution in [0.1, 0.15) is 38.2 Å². The lowest BCUT2D eigenvalue weighted by molar-refractivity contribution is -0.131. The van der Waals surface area contributed by atoms with E-state index < -0.39 is 0 Å². The van der Waals surface area contributed by atoms with Gasteiger partial charge in [0.05, 0.1) is 16.7 Å². The standard InChI is InChI=1S/C17H19ClN2O2/c1-2-20(14-6-4-3-5-7-14)17(21)12-22-16-9-8-13(11-19)10-15(16)18/h6,8-10H,2-5,7,12H2,1H3. The summed E-state index contributed by atoms with van der Waals surface area (Å²) in [5.41, 5.74) is 1.56. The highest BCUT2D eigenvalue weighted by Crippen LogP contribution is 2.26. The quantitative estimate of drug-likeness (QED) is 0.827. The number of amides is 1. The van der Waals surface area contributed by atoms with E-state index in [4.69, 9.17) is 21.6 Å². The molecule has 0 saturated heterocycles. The molecule has 0 fully saturated rings. The van der Waals surface area contributed by atoms with Crippen molar-refractivity contribution in [2.45, 2.75) is 32.6 Å². The fraction of sp³-hybridized carbons (Fsp3) is 0.412. The number of halogens is 1. The first-order valence-electron chi connectivity index (χ1n) is 7.47. The van der Waals surface area contributed by atoms with Crippen molar-refractivity contribution in [1.29, 1.82) is 5.26 Å². The van der Waals surface area contributed by atoms with Gasteiger partial charge in [0.25, 0.3) is 5.91 Å². The van der Waals surface area contributed by atoms with Crippen molar-refractivity contribution >= 4 is 17.5 Å². The summed E-state index contributed by atoms with van der Waals surface area (Å²) in [6.45, 7) is 2.54. The summed E-state index contributed by atoms with van der Waals surface area (Å²) in [7, 11) is 0. The van der Waals surface area contributed by atoms with Gasteiger partial charge in [-0.2, -0.15) is 5.26 Å². The van der Waals surface area contributed by atoms with Crippen LogP contribution >= 0.6 is 11.6 Å². The highest BCUT2D eigenvalue weighted by atomic mass is 35.5. The van der Waals surface area contributed by atoms with Gasteiger partial charge in [-0.3, -0.25) is 4.79 Å². The molecule has 0 spiro atoms. The Morgan fingerprint density at radius 2 is 2.27 bits per heavy atom. The van der Waals surface area contributed by atoms with Crippen molar-refractivity contribution < 1.29 is 9.53 Å². The smallest absolute Gasteiger partial charge is 0.264 e. The molecule has 0 aliphatic heterocycles. The molecule has 0 bridgehead atoms. The van der Waals surface area contributed by atoms with E-state index >= 15 is 0 Å². The predicted octanol–water partition coefficient (Wildman–Crippen LogP) is 3.90. The third-order valence-corrected chi connectivity index (χ3v) is 3.94. The van der Waals surface area contributed by atoms with Crippen LogP contribution in [0.4, 0.5) is 0 Å². The van der Waals surface area contributed by atoms with Crippen molar-refractivity contribution in [3.8, 4) is 11.8 Å². The van der Waals surface area contributed by atoms with E-state index in [9.17, 15) is 4.79 Å². The number of carbonyl (C=O) groups is 1. The molecule has 22 heavy (non-hydrogen) atoms. The second-order valence-electron chi connectivity index (χ2n) is 5.12. The number of rotatable bonds is 5. The van der Waals surface area contributed by atoms with Crippen molar-refractivity contribution in [2.24, 2.45) is 0 Å². The fourth-order valence-corrected chi connectivity index (χ4v) is 2.75. The highest BCUT2D eigenvalue weighted by molar-refractivity contribution is 6.32. The molecule has 4 nitrogen and oxygen atoms in total. The molecule has 0 atom stereocenters. The van der Waals surface area contributed by atoms with E-state index in [2.05, 4.69) is 6.08 Å². The molecule has 1 aliphatic carbocycles. The molecule has 1 aromatic rings. The molecular weight excluding hydrogens is 300 g/mol. The van der Waals surface area contributed by atoms with E-state index in [-0.39, 0.29) is 12.5 Å². The molecular formula is C17H19ClN2O2. The summed E-state index contributed by atoms with van der Waals surface area (Å²) in [6.07, 6.45) is 6.42. The van der Waals surface area contributed by atoms with Crippen molar-refractivity contribution in [1.82, 2.24) is 4.90 Å². The monoisotopic (exact) mass is 318 g/mol. The van der Waals surface area contributed by atoms with Gasteiger partial charge in [-0.15, -0.1) is 0 Å². The van der Waals surface area contributed by atoms with Crippen molar-refractivity contribution in [2.75, 3.05) is 13.2 Å². The lowest BCUT2D eigenvalue weighted by Gasteiger charge is -2.26. The Labute approximate surface area is 135 Å². The zero-order chi connectivity index (χ0) is 15.9. The van der Waals surface area contributed by atoms with Gasteiger partial charge >= 0.3 is 0 Å². The maximum absolute atomic E-state index is 12.3. The number of nitriles is 1. The number of allylic oxidation sites excluding steroid dienone is 2. The molecule has 116 valence electrons. The summed E-state index contributed by atoms with van der Waals surface area (Å²) in [4.78, 5) is 14.1. The van der Waals surface area contributed by atoms with E-state index in [1.807, 2.05) is 13.0 Å². The molecule has 0 aromatic heterocycles. The van der Waals surface area contributed by atoms with Crippen LogP contribution in [-0.2, 0) is 4.79 Å². The number of likely N-dealkylation sites (N-methyl/N-ethyl adjacent to an activating group) is 1. The SMILES string of the molecule is CCN(C(=O)COc1ccc(C#N)cc1Cl)C1=CCCCC1. The van der Waals surface area contributed by atoms with E-state index in [1.165, 1.54) is 12.5 Å². The van der Waals surface area contributed by atoms with Crippen LogP contribution in [0.5, 0.6) is 5.75 Å². The average molecular weight is 319 g/mol. The maximum Gasteiger partial charge on any atom is 0.264 e. The molecule has 0 saturated carbocycles. The zero-order valence-corrected chi connectivity index (χ0v) is 13.4. The molecule has 0 radical (unpaired) electrons. The molecule has 2 rings (SSSR count). The Kier molecular flexibility index (Phi) is 5.85. The molecule has 1 aromatic carbocycles. The normalized spacial score (nSPS) is 14.0. The summed E-state index contributed by atoms with van der Waals surface area (Å²) in [5, 5.41) is 9.14. The van der Waals surface area contributed by atoms with Crippen LogP contribution in [0.15, 0.2) is 30.0 Å². The van der Waals surface area contributed by atoms with Gasteiger partial charge in [-0.1, -0.05) is 17.7 Å². The lowest BCUT2D eigenvalue weighted by atomic mass is 10.0. The van der Waals surface area contributed by atoms with Crippen LogP contribution in [0.3, 0.4) is 0 Å². The summed E-state index contributed by atoms with van der Waals surface area (Å²) in [6, 6.07) is 6.77. The predicted molar refractivity (Wildman–Crippen MR) is 85.6 cm³/mol. The number of ether oxygens (including phenoxy) is 1. The first kappa shape index (κ1) is 16.4. The van der Waals surface area contributed by atoms with Gasteiger partial charge in [-0.25, -0.2) is 0 Å². The Morgan fingerprint density at radius 1 is 1.45 bits per heavy atom. The van der Waals surface area contributed by atoms with Crippen LogP contribution < -0.4 is 4.74 Å². The number of carbonyl (C=O) groups excluding carboxylic acids is 1. The van der Waals surface area contributed by atoms with E-state index in [0.717, 1.165) is 25.0 Å². The Hall–Kier alpha value is -1.99. The number of hydrogen-bond donors (Lipinski definition) is 0. The van der Waals surface area contributed by atoms with Gasteiger partial charge in [0.15, 0.2) is 6.61 Å². The van der Waals surface area contributed by atoms with Gasteiger partial charge in [0.1, 0.15) is 5.75 Å². The third kappa shape index (κ3) is 4.02. The van der Waals surface area contributed by atoms with Crippen LogP contribution in [-0.4, -0.2) is 24.0 Å². The largest absolute Gasteiger partial charge is 0.482 e. The van der Waals surface area contributed by atoms with Gasteiger partial charge < -0.3 is 9.64 Å². The number of benzene rings is 1. The van der Waals surface area contributed by atoms with Crippen molar-refractivity contribution in [3.63, 3.8) is 0 Å². The Balaban J connectivity index is 1.99. The third-order valence-electron chi connectivity index (χ3n) is 3.64. The first-order valence-corrected chi connectivity index (χ1v) is 7.85. The minimum atomic E-state index is -0.0731. The second kappa shape index (κ2) is 7.86. The summed E-state index contributed by atoms with van der Waals surface area (Å²) < 4.78 is 5.51. The minimum Gasteiger partial charge on any atom is -0.482 e. The summed E-state index contributed by atoms with van der Waals surface area (Å²) >= 11 is 6.04. The second-order valence-corrected chi connectivity index (χ2v) is 5.53. The molecule has 5 heteroatoms. The first-order chi connectivity index (χ1) is 10.7. The van der Waals surface area contributed by atoms with E-state index in [0.29, 0.717) is 22.9 Å². The van der Waals surface area contributed by atoms with Crippen LogP contribution in [0.2, 0.25) is 5.02 Å². The Morgan fingerprint density at radius 3 is 2.86 bits per heavy atom. The fourth-order valence-electron chi connectivity index (χ4n) is 2.51. The molecule has 0 heterocycles. The highest BCUT2D eigenvalue weighted by Gasteiger charge is 2.18. The minimum absolute atomic E-state index is 0.0587. The molecule has 0 unspecified atom stereocenters. The van der Waals surface area contributed by atoms with E-state index in [1.54, 1.807) is 17.0 Å². The average Bonchev–Trinajstić information content (AvgIpc) is 2.55. The zero-order valence-electron chi connectivity index (χ0n) is 12.6. The molecule has 1 amide bonds. The summed E-state index contributed by atoms with van der Waals surface area (Å²) in [5.74, 6) is 0.346. The van der Waals surface area contributed by atoms with Crippen LogP contribution in [0, 0.1) is 11.3 Å². The number of nitrogens with zero attached hydrogens (tertiary/aromatic N) is 2. The van der Waals surface area contributed by atoms with Crippen molar-refractivity contribution in [3.05, 3.63) is 40.6 Å². The van der Waals surface area contributed by atoms with Gasteiger partial charge in [0.2, 0.25) is 0 Å². The lowest BCUT2D eigenvalue weighted by Crippen LogP contribution is -2.34. The van der Waals surface area contributed by atoms with Crippen LogP contribution in [0.25, 0.3) is 0 Å². The Bertz CT molecular complexity index is 620. The maximum atomic E-state index is 12.3. The van der Waals surface area contributed by atoms with Gasteiger partial charge in [-0.05, 0) is 50.8 Å². The topological polar surface area (TPSA) is 53.3 Å². The van der Waals surface area contributed by atoms with Gasteiger partial charge in [0, 0.05) is 12.2 Å². The number of hydrogen-bond acceptors (Lipinski definition) is 3. The molecule has 1 aliphatic rings.